The molecule has 5 heteroatoms. The summed E-state index contributed by atoms with van der Waals surface area (Å²) in [6, 6.07) is 0. The normalized spacial score (nSPS) is 41.8. The fraction of sp³-hybridized carbons (Fsp3) is 0.929. The topological polar surface area (TPSA) is 58.8 Å². The van der Waals surface area contributed by atoms with Gasteiger partial charge in [0.2, 0.25) is 5.91 Å². The Morgan fingerprint density at radius 3 is 2.53 bits per heavy atom. The van der Waals surface area contributed by atoms with E-state index in [1.54, 1.807) is 0 Å². The van der Waals surface area contributed by atoms with E-state index in [1.807, 2.05) is 4.90 Å². The first kappa shape index (κ1) is 13.3. The molecule has 0 aromatic heterocycles. The number of fused-ring (bicyclic) bond motifs is 1. The number of hydrogen-bond acceptors (Lipinski definition) is 4. The summed E-state index contributed by atoms with van der Waals surface area (Å²) >= 11 is 0. The number of nitrogens with zero attached hydrogens (tertiary/aromatic N) is 2. The van der Waals surface area contributed by atoms with Crippen LogP contribution in [-0.2, 0) is 9.53 Å². The van der Waals surface area contributed by atoms with Crippen LogP contribution in [-0.4, -0.2) is 67.2 Å². The number of nitrogens with two attached hydrogens (primary N) is 1. The summed E-state index contributed by atoms with van der Waals surface area (Å²) in [5, 5.41) is 0. The zero-order valence-electron chi connectivity index (χ0n) is 12.2. The van der Waals surface area contributed by atoms with Crippen LogP contribution < -0.4 is 5.73 Å². The molecule has 1 aliphatic carbocycles. The van der Waals surface area contributed by atoms with E-state index in [-0.39, 0.29) is 23.3 Å². The Labute approximate surface area is 115 Å². The average Bonchev–Trinajstić information content (AvgIpc) is 2.86. The van der Waals surface area contributed by atoms with E-state index >= 15 is 0 Å². The average molecular weight is 267 g/mol. The van der Waals surface area contributed by atoms with Gasteiger partial charge in [0.1, 0.15) is 5.54 Å². The van der Waals surface area contributed by atoms with E-state index in [4.69, 9.17) is 10.5 Å². The van der Waals surface area contributed by atoms with Crippen LogP contribution in [0.3, 0.4) is 0 Å². The lowest BCUT2D eigenvalue weighted by atomic mass is 9.47. The minimum atomic E-state index is -0.732. The van der Waals surface area contributed by atoms with Gasteiger partial charge in [-0.1, -0.05) is 13.8 Å². The molecule has 2 saturated heterocycles. The largest absolute Gasteiger partial charge is 0.377 e. The van der Waals surface area contributed by atoms with Gasteiger partial charge in [-0.05, 0) is 13.5 Å². The van der Waals surface area contributed by atoms with Crippen LogP contribution in [0.4, 0.5) is 0 Å². The lowest BCUT2D eigenvalue weighted by molar-refractivity contribution is -0.185. The maximum absolute atomic E-state index is 12.9. The standard InChI is InChI=1S/C14H25N3O2/c1-13(2)11-10(4-9-19-11)14(13,15)12(18)17-7-5-16(3)6-8-17/h10-11H,4-9,15H2,1-3H3. The number of likely N-dealkylation sites (N-methyl/N-ethyl adjacent to an activating group) is 1. The van der Waals surface area contributed by atoms with Crippen LogP contribution in [0.15, 0.2) is 0 Å². The maximum atomic E-state index is 12.9. The van der Waals surface area contributed by atoms with Crippen molar-refractivity contribution in [3.05, 3.63) is 0 Å². The van der Waals surface area contributed by atoms with Gasteiger partial charge in [0.05, 0.1) is 6.10 Å². The third-order valence-corrected chi connectivity index (χ3v) is 5.60. The van der Waals surface area contributed by atoms with Crippen LogP contribution in [0.25, 0.3) is 0 Å². The van der Waals surface area contributed by atoms with Crippen LogP contribution in [0, 0.1) is 11.3 Å². The quantitative estimate of drug-likeness (QED) is 0.721. The first-order valence-corrected chi connectivity index (χ1v) is 7.27. The van der Waals surface area contributed by atoms with Crippen molar-refractivity contribution in [2.45, 2.75) is 31.9 Å². The molecule has 3 unspecified atom stereocenters. The minimum absolute atomic E-state index is 0.136. The van der Waals surface area contributed by atoms with Gasteiger partial charge in [-0.15, -0.1) is 0 Å². The third kappa shape index (κ3) is 1.61. The van der Waals surface area contributed by atoms with Crippen molar-refractivity contribution in [2.24, 2.45) is 17.1 Å². The number of amides is 1. The number of carbonyl (C=O) groups is 1. The number of carbonyl (C=O) groups excluding carboxylic acids is 1. The van der Waals surface area contributed by atoms with Crippen LogP contribution in [0.2, 0.25) is 0 Å². The Morgan fingerprint density at radius 2 is 1.89 bits per heavy atom. The molecule has 3 atom stereocenters. The first-order valence-electron chi connectivity index (χ1n) is 7.27. The molecule has 1 saturated carbocycles. The highest BCUT2D eigenvalue weighted by Crippen LogP contribution is 2.58. The zero-order valence-corrected chi connectivity index (χ0v) is 12.2. The van der Waals surface area contributed by atoms with Crippen molar-refractivity contribution in [1.82, 2.24) is 9.80 Å². The molecule has 3 fully saturated rings. The molecule has 3 rings (SSSR count). The molecule has 19 heavy (non-hydrogen) atoms. The molecule has 2 N–H and O–H groups in total. The Bertz CT molecular complexity index is 390. The van der Waals surface area contributed by atoms with E-state index < -0.39 is 5.54 Å². The van der Waals surface area contributed by atoms with Gasteiger partial charge >= 0.3 is 0 Å². The highest BCUT2D eigenvalue weighted by Gasteiger charge is 2.71. The molecule has 0 spiro atoms. The van der Waals surface area contributed by atoms with Gasteiger partial charge in [0.25, 0.3) is 0 Å². The Balaban J connectivity index is 1.79. The maximum Gasteiger partial charge on any atom is 0.243 e. The second kappa shape index (κ2) is 4.17. The van der Waals surface area contributed by atoms with Crippen molar-refractivity contribution in [2.75, 3.05) is 39.8 Å². The predicted molar refractivity (Wildman–Crippen MR) is 72.6 cm³/mol. The van der Waals surface area contributed by atoms with Crippen molar-refractivity contribution < 1.29 is 9.53 Å². The van der Waals surface area contributed by atoms with Gasteiger partial charge < -0.3 is 20.3 Å². The molecule has 5 nitrogen and oxygen atoms in total. The van der Waals surface area contributed by atoms with Crippen LogP contribution >= 0.6 is 0 Å². The molecule has 1 amide bonds. The Morgan fingerprint density at radius 1 is 1.26 bits per heavy atom. The van der Waals surface area contributed by atoms with E-state index in [9.17, 15) is 4.79 Å². The number of rotatable bonds is 1. The highest BCUT2D eigenvalue weighted by molar-refractivity contribution is 5.89. The van der Waals surface area contributed by atoms with Crippen molar-refractivity contribution in [3.63, 3.8) is 0 Å². The molecule has 0 aromatic rings. The van der Waals surface area contributed by atoms with E-state index in [1.165, 1.54) is 0 Å². The summed E-state index contributed by atoms with van der Waals surface area (Å²) < 4.78 is 5.76. The van der Waals surface area contributed by atoms with Gasteiger partial charge in [-0.2, -0.15) is 0 Å². The second-order valence-corrected chi connectivity index (χ2v) is 6.87. The SMILES string of the molecule is CN1CCN(C(=O)C2(N)C3CCOC3C2(C)C)CC1. The molecule has 108 valence electrons. The molecule has 2 heterocycles. The fourth-order valence-electron chi connectivity index (χ4n) is 4.09. The van der Waals surface area contributed by atoms with E-state index in [2.05, 4.69) is 25.8 Å². The Hall–Kier alpha value is -0.650. The third-order valence-electron chi connectivity index (χ3n) is 5.60. The smallest absolute Gasteiger partial charge is 0.243 e. The van der Waals surface area contributed by atoms with Gasteiger partial charge in [0.15, 0.2) is 0 Å². The molecular weight excluding hydrogens is 242 g/mol. The highest BCUT2D eigenvalue weighted by atomic mass is 16.5. The Kier molecular flexibility index (Phi) is 2.93. The first-order chi connectivity index (χ1) is 8.89. The number of ether oxygens (including phenoxy) is 1. The van der Waals surface area contributed by atoms with E-state index in [0.29, 0.717) is 0 Å². The van der Waals surface area contributed by atoms with Crippen molar-refractivity contribution in [1.29, 1.82) is 0 Å². The summed E-state index contributed by atoms with van der Waals surface area (Å²) in [6.45, 7) is 8.36. The van der Waals surface area contributed by atoms with E-state index in [0.717, 1.165) is 39.2 Å². The van der Waals surface area contributed by atoms with Crippen LogP contribution in [0.1, 0.15) is 20.3 Å². The molecular formula is C14H25N3O2. The molecule has 3 aliphatic rings. The van der Waals surface area contributed by atoms with Gasteiger partial charge in [0, 0.05) is 44.1 Å². The summed E-state index contributed by atoms with van der Waals surface area (Å²) in [7, 11) is 2.09. The molecule has 0 bridgehead atoms. The second-order valence-electron chi connectivity index (χ2n) is 6.87. The monoisotopic (exact) mass is 267 g/mol. The summed E-state index contributed by atoms with van der Waals surface area (Å²) in [6.07, 6.45) is 1.08. The number of hydrogen-bond donors (Lipinski definition) is 1. The summed E-state index contributed by atoms with van der Waals surface area (Å²) in [5.74, 6) is 0.340. The molecule has 0 aromatic carbocycles. The zero-order chi connectivity index (χ0) is 13.8. The fourth-order valence-corrected chi connectivity index (χ4v) is 4.09. The van der Waals surface area contributed by atoms with Gasteiger partial charge in [-0.25, -0.2) is 0 Å². The summed E-state index contributed by atoms with van der Waals surface area (Å²) in [4.78, 5) is 17.1. The predicted octanol–water partition coefficient (Wildman–Crippen LogP) is -0.0972. The minimum Gasteiger partial charge on any atom is -0.377 e. The molecule has 2 aliphatic heterocycles. The lowest BCUT2D eigenvalue weighted by Crippen LogP contribution is -2.80. The van der Waals surface area contributed by atoms with Crippen molar-refractivity contribution >= 4 is 5.91 Å². The molecule has 0 radical (unpaired) electrons. The summed E-state index contributed by atoms with van der Waals surface area (Å²) in [5.41, 5.74) is 5.60. The van der Waals surface area contributed by atoms with Gasteiger partial charge in [-0.3, -0.25) is 4.79 Å². The lowest BCUT2D eigenvalue weighted by Gasteiger charge is -2.62. The van der Waals surface area contributed by atoms with Crippen LogP contribution in [0.5, 0.6) is 0 Å². The number of piperazine rings is 1. The van der Waals surface area contributed by atoms with Crippen molar-refractivity contribution in [3.8, 4) is 0 Å².